The van der Waals surface area contributed by atoms with Crippen LogP contribution in [0.5, 0.6) is 0 Å². The van der Waals surface area contributed by atoms with Gasteiger partial charge in [-0.05, 0) is 36.8 Å². The standard InChI is InChI=1S/C18H18N2O6/c1-24-17(22)12-5-6-14-15(10-12)19-18(23)20(16(14)21)7-3-8-25-11-13-4-2-9-26-13/h2,4-6,9-10H,3,7-8,11H2,1H3,(H,19,23). The number of benzene rings is 1. The Hall–Kier alpha value is -3.13. The Morgan fingerprint density at radius 1 is 1.27 bits per heavy atom. The first-order valence-corrected chi connectivity index (χ1v) is 8.05. The summed E-state index contributed by atoms with van der Waals surface area (Å²) in [4.78, 5) is 38.9. The zero-order valence-corrected chi connectivity index (χ0v) is 14.2. The Labute approximate surface area is 148 Å². The van der Waals surface area contributed by atoms with E-state index in [0.717, 1.165) is 4.57 Å². The number of aromatic nitrogens is 2. The quantitative estimate of drug-likeness (QED) is 0.509. The van der Waals surface area contributed by atoms with Gasteiger partial charge in [-0.1, -0.05) is 0 Å². The Balaban J connectivity index is 1.71. The van der Waals surface area contributed by atoms with Crippen molar-refractivity contribution in [3.63, 3.8) is 0 Å². The number of aromatic amines is 1. The molecule has 0 saturated carbocycles. The van der Waals surface area contributed by atoms with E-state index in [1.807, 2.05) is 0 Å². The predicted molar refractivity (Wildman–Crippen MR) is 93.1 cm³/mol. The van der Waals surface area contributed by atoms with E-state index in [0.29, 0.717) is 36.3 Å². The zero-order chi connectivity index (χ0) is 18.5. The van der Waals surface area contributed by atoms with Crippen LogP contribution in [0.25, 0.3) is 10.9 Å². The maximum absolute atomic E-state index is 12.5. The third kappa shape index (κ3) is 3.75. The molecule has 0 atom stereocenters. The van der Waals surface area contributed by atoms with Gasteiger partial charge in [0.05, 0.1) is 29.8 Å². The fraction of sp³-hybridized carbons (Fsp3) is 0.278. The number of furan rings is 1. The Kier molecular flexibility index (Phi) is 5.33. The van der Waals surface area contributed by atoms with Crippen LogP contribution in [0.4, 0.5) is 0 Å². The molecule has 0 unspecified atom stereocenters. The highest BCUT2D eigenvalue weighted by Gasteiger charge is 2.11. The average molecular weight is 358 g/mol. The van der Waals surface area contributed by atoms with Crippen LogP contribution in [0.3, 0.4) is 0 Å². The van der Waals surface area contributed by atoms with Gasteiger partial charge >= 0.3 is 11.7 Å². The van der Waals surface area contributed by atoms with Crippen molar-refractivity contribution in [1.29, 1.82) is 0 Å². The average Bonchev–Trinajstić information content (AvgIpc) is 3.16. The van der Waals surface area contributed by atoms with Crippen LogP contribution in [0.1, 0.15) is 22.5 Å². The van der Waals surface area contributed by atoms with E-state index < -0.39 is 17.2 Å². The molecule has 8 nitrogen and oxygen atoms in total. The van der Waals surface area contributed by atoms with Crippen molar-refractivity contribution in [2.24, 2.45) is 0 Å². The SMILES string of the molecule is COC(=O)c1ccc2c(=O)n(CCCOCc3ccco3)c(=O)[nH]c2c1. The zero-order valence-electron chi connectivity index (χ0n) is 14.2. The lowest BCUT2D eigenvalue weighted by Crippen LogP contribution is -2.35. The first kappa shape index (κ1) is 17.7. The van der Waals surface area contributed by atoms with Crippen LogP contribution >= 0.6 is 0 Å². The number of esters is 1. The van der Waals surface area contributed by atoms with Crippen molar-refractivity contribution in [3.8, 4) is 0 Å². The molecule has 0 radical (unpaired) electrons. The van der Waals surface area contributed by atoms with Gasteiger partial charge in [-0.15, -0.1) is 0 Å². The van der Waals surface area contributed by atoms with Crippen molar-refractivity contribution < 1.29 is 18.7 Å². The number of nitrogens with zero attached hydrogens (tertiary/aromatic N) is 1. The lowest BCUT2D eigenvalue weighted by molar-refractivity contribution is 0.0601. The minimum absolute atomic E-state index is 0.223. The molecule has 3 rings (SSSR count). The molecule has 26 heavy (non-hydrogen) atoms. The molecule has 1 N–H and O–H groups in total. The molecule has 2 aromatic heterocycles. The summed E-state index contributed by atoms with van der Waals surface area (Å²) >= 11 is 0. The molecule has 0 aliphatic carbocycles. The third-order valence-corrected chi connectivity index (χ3v) is 3.90. The van der Waals surface area contributed by atoms with E-state index >= 15 is 0 Å². The molecular formula is C18H18N2O6. The summed E-state index contributed by atoms with van der Waals surface area (Å²) in [6, 6.07) is 8.01. The van der Waals surface area contributed by atoms with Crippen LogP contribution in [-0.4, -0.2) is 29.2 Å². The monoisotopic (exact) mass is 358 g/mol. The number of fused-ring (bicyclic) bond motifs is 1. The largest absolute Gasteiger partial charge is 0.467 e. The van der Waals surface area contributed by atoms with Crippen LogP contribution in [0.15, 0.2) is 50.6 Å². The molecule has 0 amide bonds. The van der Waals surface area contributed by atoms with Crippen LogP contribution < -0.4 is 11.2 Å². The Morgan fingerprint density at radius 2 is 2.12 bits per heavy atom. The van der Waals surface area contributed by atoms with Gasteiger partial charge in [0.15, 0.2) is 0 Å². The number of ether oxygens (including phenoxy) is 2. The van der Waals surface area contributed by atoms with Crippen LogP contribution in [0, 0.1) is 0 Å². The van der Waals surface area contributed by atoms with E-state index in [2.05, 4.69) is 9.72 Å². The van der Waals surface area contributed by atoms with Crippen molar-refractivity contribution in [1.82, 2.24) is 9.55 Å². The molecule has 0 aliphatic heterocycles. The summed E-state index contributed by atoms with van der Waals surface area (Å²) in [5, 5.41) is 0.328. The van der Waals surface area contributed by atoms with Gasteiger partial charge in [0.2, 0.25) is 0 Å². The second-order valence-corrected chi connectivity index (χ2v) is 5.62. The predicted octanol–water partition coefficient (Wildman–Crippen LogP) is 1.68. The van der Waals surface area contributed by atoms with E-state index in [9.17, 15) is 14.4 Å². The number of hydrogen-bond acceptors (Lipinski definition) is 6. The second-order valence-electron chi connectivity index (χ2n) is 5.62. The van der Waals surface area contributed by atoms with E-state index in [1.165, 1.54) is 25.3 Å². The Morgan fingerprint density at radius 3 is 2.85 bits per heavy atom. The molecule has 3 aromatic rings. The maximum atomic E-state index is 12.5. The van der Waals surface area contributed by atoms with Gasteiger partial charge in [-0.25, -0.2) is 9.59 Å². The van der Waals surface area contributed by atoms with Crippen molar-refractivity contribution in [2.75, 3.05) is 13.7 Å². The number of rotatable bonds is 7. The van der Waals surface area contributed by atoms with Gasteiger partial charge in [-0.3, -0.25) is 9.36 Å². The third-order valence-electron chi connectivity index (χ3n) is 3.90. The Bertz CT molecular complexity index is 1020. The highest BCUT2D eigenvalue weighted by molar-refractivity contribution is 5.93. The maximum Gasteiger partial charge on any atom is 0.337 e. The number of nitrogens with one attached hydrogen (secondary N) is 1. The number of carbonyl (C=O) groups excluding carboxylic acids is 1. The molecule has 136 valence electrons. The van der Waals surface area contributed by atoms with Gasteiger partial charge in [0.1, 0.15) is 12.4 Å². The summed E-state index contributed by atoms with van der Waals surface area (Å²) in [7, 11) is 1.27. The fourth-order valence-corrected chi connectivity index (χ4v) is 2.59. The van der Waals surface area contributed by atoms with Gasteiger partial charge in [0, 0.05) is 13.2 Å². The fourth-order valence-electron chi connectivity index (χ4n) is 2.59. The molecular weight excluding hydrogens is 340 g/mol. The van der Waals surface area contributed by atoms with Gasteiger partial charge in [0.25, 0.3) is 5.56 Å². The van der Waals surface area contributed by atoms with Crippen molar-refractivity contribution >= 4 is 16.9 Å². The summed E-state index contributed by atoms with van der Waals surface area (Å²) in [6.45, 7) is 0.944. The van der Waals surface area contributed by atoms with Crippen LogP contribution in [-0.2, 0) is 22.6 Å². The molecule has 2 heterocycles. The topological polar surface area (TPSA) is 104 Å². The van der Waals surface area contributed by atoms with Crippen LogP contribution in [0.2, 0.25) is 0 Å². The first-order valence-electron chi connectivity index (χ1n) is 8.05. The molecule has 0 fully saturated rings. The second kappa shape index (κ2) is 7.83. The molecule has 0 bridgehead atoms. The smallest absolute Gasteiger partial charge is 0.337 e. The summed E-state index contributed by atoms with van der Waals surface area (Å²) in [5.41, 5.74) is -0.380. The minimum Gasteiger partial charge on any atom is -0.467 e. The molecule has 0 aliphatic rings. The number of methoxy groups -OCH3 is 1. The summed E-state index contributed by atoms with van der Waals surface area (Å²) in [5.74, 6) is 0.178. The summed E-state index contributed by atoms with van der Waals surface area (Å²) < 4.78 is 16.4. The normalized spacial score (nSPS) is 11.0. The molecule has 1 aromatic carbocycles. The number of H-pyrrole nitrogens is 1. The van der Waals surface area contributed by atoms with Gasteiger partial charge in [-0.2, -0.15) is 0 Å². The molecule has 0 saturated heterocycles. The van der Waals surface area contributed by atoms with E-state index in [1.54, 1.807) is 18.4 Å². The molecule has 8 heteroatoms. The number of carbonyl (C=O) groups is 1. The molecule has 0 spiro atoms. The minimum atomic E-state index is -0.536. The van der Waals surface area contributed by atoms with Gasteiger partial charge < -0.3 is 18.9 Å². The lowest BCUT2D eigenvalue weighted by Gasteiger charge is -2.07. The van der Waals surface area contributed by atoms with Crippen molar-refractivity contribution in [2.45, 2.75) is 19.6 Å². The van der Waals surface area contributed by atoms with E-state index in [-0.39, 0.29) is 12.1 Å². The van der Waals surface area contributed by atoms with E-state index in [4.69, 9.17) is 9.15 Å². The number of hydrogen-bond donors (Lipinski definition) is 1. The highest BCUT2D eigenvalue weighted by atomic mass is 16.5. The first-order chi connectivity index (χ1) is 12.6. The van der Waals surface area contributed by atoms with Crippen molar-refractivity contribution in [3.05, 3.63) is 68.8 Å². The highest BCUT2D eigenvalue weighted by Crippen LogP contribution is 2.10. The lowest BCUT2D eigenvalue weighted by atomic mass is 10.1. The summed E-state index contributed by atoms with van der Waals surface area (Å²) in [6.07, 6.45) is 2.06.